The van der Waals surface area contributed by atoms with Crippen LogP contribution in [0.4, 0.5) is 5.69 Å². The van der Waals surface area contributed by atoms with Crippen LogP contribution in [0.25, 0.3) is 0 Å². The molecule has 0 saturated heterocycles. The molecule has 0 fully saturated rings. The molecule has 2 amide bonds. The zero-order valence-electron chi connectivity index (χ0n) is 17.8. The second kappa shape index (κ2) is 10.3. The lowest BCUT2D eigenvalue weighted by molar-refractivity contribution is 0.0943. The van der Waals surface area contributed by atoms with Crippen molar-refractivity contribution in [3.8, 4) is 11.5 Å². The van der Waals surface area contributed by atoms with E-state index in [0.717, 1.165) is 0 Å². The van der Waals surface area contributed by atoms with Gasteiger partial charge in [0.2, 0.25) is 0 Å². The monoisotopic (exact) mass is 426 g/mol. The lowest BCUT2D eigenvalue weighted by Crippen LogP contribution is -2.25. The maximum atomic E-state index is 12.9. The molecule has 2 heterocycles. The van der Waals surface area contributed by atoms with E-state index < -0.39 is 5.91 Å². The summed E-state index contributed by atoms with van der Waals surface area (Å²) in [4.78, 5) is 25.5. The SMILES string of the molecule is CCOc1ccc(C(=O)Nc2cn(CC)nc2C(=O)NCc2ccco2)cc1OCC. The minimum atomic E-state index is -0.416. The van der Waals surface area contributed by atoms with Gasteiger partial charge in [-0.05, 0) is 51.1 Å². The number of nitrogens with zero attached hydrogens (tertiary/aromatic N) is 2. The molecule has 0 saturated carbocycles. The summed E-state index contributed by atoms with van der Waals surface area (Å²) in [5, 5.41) is 9.79. The van der Waals surface area contributed by atoms with Gasteiger partial charge in [-0.25, -0.2) is 0 Å². The molecule has 1 aromatic carbocycles. The van der Waals surface area contributed by atoms with Crippen molar-refractivity contribution in [3.05, 3.63) is 59.8 Å². The fourth-order valence-corrected chi connectivity index (χ4v) is 2.89. The third-order valence-corrected chi connectivity index (χ3v) is 4.36. The quantitative estimate of drug-likeness (QED) is 0.514. The third kappa shape index (κ3) is 5.44. The van der Waals surface area contributed by atoms with Crippen LogP contribution in [0.3, 0.4) is 0 Å². The van der Waals surface area contributed by atoms with E-state index in [2.05, 4.69) is 15.7 Å². The van der Waals surface area contributed by atoms with Crippen LogP contribution >= 0.6 is 0 Å². The molecule has 31 heavy (non-hydrogen) atoms. The first-order valence-electron chi connectivity index (χ1n) is 10.1. The number of carbonyl (C=O) groups is 2. The van der Waals surface area contributed by atoms with Gasteiger partial charge in [0, 0.05) is 18.3 Å². The van der Waals surface area contributed by atoms with Gasteiger partial charge in [-0.15, -0.1) is 0 Å². The van der Waals surface area contributed by atoms with Gasteiger partial charge in [0.15, 0.2) is 17.2 Å². The van der Waals surface area contributed by atoms with Gasteiger partial charge < -0.3 is 24.5 Å². The normalized spacial score (nSPS) is 10.5. The molecule has 0 aliphatic heterocycles. The molecule has 0 aliphatic carbocycles. The number of amides is 2. The summed E-state index contributed by atoms with van der Waals surface area (Å²) in [6, 6.07) is 8.45. The number of aromatic nitrogens is 2. The fourth-order valence-electron chi connectivity index (χ4n) is 2.89. The Morgan fingerprint density at radius 2 is 1.84 bits per heavy atom. The van der Waals surface area contributed by atoms with Gasteiger partial charge in [-0.3, -0.25) is 14.3 Å². The summed E-state index contributed by atoms with van der Waals surface area (Å²) in [6.45, 7) is 7.31. The van der Waals surface area contributed by atoms with Gasteiger partial charge in [0.1, 0.15) is 5.76 Å². The average Bonchev–Trinajstić information content (AvgIpc) is 3.43. The Kier molecular flexibility index (Phi) is 7.31. The number of ether oxygens (including phenoxy) is 2. The Bertz CT molecular complexity index is 1030. The van der Waals surface area contributed by atoms with E-state index in [1.807, 2.05) is 20.8 Å². The molecule has 3 aromatic rings. The Balaban J connectivity index is 1.78. The molecule has 2 N–H and O–H groups in total. The maximum absolute atomic E-state index is 12.9. The summed E-state index contributed by atoms with van der Waals surface area (Å²) >= 11 is 0. The highest BCUT2D eigenvalue weighted by Crippen LogP contribution is 2.29. The number of benzene rings is 1. The summed E-state index contributed by atoms with van der Waals surface area (Å²) in [5.74, 6) is 0.863. The summed E-state index contributed by atoms with van der Waals surface area (Å²) in [5.41, 5.74) is 0.812. The Hall–Kier alpha value is -3.75. The average molecular weight is 426 g/mol. The maximum Gasteiger partial charge on any atom is 0.274 e. The van der Waals surface area contributed by atoms with Crippen molar-refractivity contribution in [2.45, 2.75) is 33.9 Å². The van der Waals surface area contributed by atoms with Gasteiger partial charge in [-0.2, -0.15) is 5.10 Å². The number of aryl methyl sites for hydroxylation is 1. The first kappa shape index (κ1) is 21.9. The van der Waals surface area contributed by atoms with E-state index in [-0.39, 0.29) is 18.1 Å². The van der Waals surface area contributed by atoms with Crippen molar-refractivity contribution in [2.75, 3.05) is 18.5 Å². The predicted molar refractivity (Wildman–Crippen MR) is 115 cm³/mol. The molecule has 3 rings (SSSR count). The van der Waals surface area contributed by atoms with E-state index in [9.17, 15) is 9.59 Å². The predicted octanol–water partition coefficient (Wildman–Crippen LogP) is 3.48. The number of hydrogen-bond acceptors (Lipinski definition) is 6. The number of nitrogens with one attached hydrogen (secondary N) is 2. The molecule has 164 valence electrons. The van der Waals surface area contributed by atoms with E-state index in [1.165, 1.54) is 6.26 Å². The molecule has 0 radical (unpaired) electrons. The Morgan fingerprint density at radius 1 is 1.06 bits per heavy atom. The first-order chi connectivity index (χ1) is 15.0. The molecule has 2 aromatic heterocycles. The summed E-state index contributed by atoms with van der Waals surface area (Å²) < 4.78 is 17.9. The van der Waals surface area contributed by atoms with Gasteiger partial charge in [0.25, 0.3) is 11.8 Å². The van der Waals surface area contributed by atoms with Crippen molar-refractivity contribution < 1.29 is 23.5 Å². The minimum absolute atomic E-state index is 0.123. The molecule has 9 heteroatoms. The van der Waals surface area contributed by atoms with Gasteiger partial charge >= 0.3 is 0 Å². The summed E-state index contributed by atoms with van der Waals surface area (Å²) in [7, 11) is 0. The van der Waals surface area contributed by atoms with Crippen molar-refractivity contribution >= 4 is 17.5 Å². The van der Waals surface area contributed by atoms with Crippen LogP contribution in [-0.4, -0.2) is 34.8 Å². The molecule has 0 atom stereocenters. The highest BCUT2D eigenvalue weighted by molar-refractivity contribution is 6.08. The van der Waals surface area contributed by atoms with Crippen LogP contribution in [0.5, 0.6) is 11.5 Å². The number of furan rings is 1. The van der Waals surface area contributed by atoms with Crippen molar-refractivity contribution in [3.63, 3.8) is 0 Å². The molecular formula is C22H26N4O5. The van der Waals surface area contributed by atoms with Crippen LogP contribution in [0, 0.1) is 0 Å². The second-order valence-corrected chi connectivity index (χ2v) is 6.49. The Labute approximate surface area is 180 Å². The fraction of sp³-hybridized carbons (Fsp3) is 0.318. The van der Waals surface area contributed by atoms with E-state index in [0.29, 0.717) is 48.3 Å². The van der Waals surface area contributed by atoms with E-state index in [4.69, 9.17) is 13.9 Å². The van der Waals surface area contributed by atoms with E-state index >= 15 is 0 Å². The Morgan fingerprint density at radius 3 is 2.52 bits per heavy atom. The van der Waals surface area contributed by atoms with Crippen molar-refractivity contribution in [1.29, 1.82) is 0 Å². The first-order valence-corrected chi connectivity index (χ1v) is 10.1. The number of hydrogen-bond donors (Lipinski definition) is 2. The largest absolute Gasteiger partial charge is 0.490 e. The van der Waals surface area contributed by atoms with Gasteiger partial charge in [-0.1, -0.05) is 0 Å². The van der Waals surface area contributed by atoms with Crippen LogP contribution in [0.1, 0.15) is 47.4 Å². The number of anilines is 1. The third-order valence-electron chi connectivity index (χ3n) is 4.36. The number of carbonyl (C=O) groups excluding carboxylic acids is 2. The zero-order valence-corrected chi connectivity index (χ0v) is 17.8. The molecule has 9 nitrogen and oxygen atoms in total. The van der Waals surface area contributed by atoms with Crippen LogP contribution in [-0.2, 0) is 13.1 Å². The van der Waals surface area contributed by atoms with Crippen LogP contribution < -0.4 is 20.1 Å². The van der Waals surface area contributed by atoms with Gasteiger partial charge in [0.05, 0.1) is 31.7 Å². The topological polar surface area (TPSA) is 108 Å². The minimum Gasteiger partial charge on any atom is -0.490 e. The lowest BCUT2D eigenvalue weighted by atomic mass is 10.2. The highest BCUT2D eigenvalue weighted by atomic mass is 16.5. The standard InChI is InChI=1S/C22H26N4O5/c1-4-26-14-17(20(25-26)22(28)23-13-16-8-7-11-31-16)24-21(27)15-9-10-18(29-5-2)19(12-15)30-6-3/h7-12,14H,4-6,13H2,1-3H3,(H,23,28)(H,24,27). The smallest absolute Gasteiger partial charge is 0.274 e. The molecule has 0 unspecified atom stereocenters. The van der Waals surface area contributed by atoms with Crippen LogP contribution in [0.15, 0.2) is 47.2 Å². The zero-order chi connectivity index (χ0) is 22.2. The number of rotatable bonds is 10. The summed E-state index contributed by atoms with van der Waals surface area (Å²) in [6.07, 6.45) is 3.16. The van der Waals surface area contributed by atoms with Crippen LogP contribution in [0.2, 0.25) is 0 Å². The highest BCUT2D eigenvalue weighted by Gasteiger charge is 2.20. The van der Waals surface area contributed by atoms with E-state index in [1.54, 1.807) is 41.2 Å². The molecule has 0 spiro atoms. The second-order valence-electron chi connectivity index (χ2n) is 6.49. The molecule has 0 bridgehead atoms. The van der Waals surface area contributed by atoms with Crippen molar-refractivity contribution in [2.24, 2.45) is 0 Å². The molecule has 0 aliphatic rings. The van der Waals surface area contributed by atoms with Crippen molar-refractivity contribution in [1.82, 2.24) is 15.1 Å². The lowest BCUT2D eigenvalue weighted by Gasteiger charge is -2.12. The molecular weight excluding hydrogens is 400 g/mol.